The average Bonchev–Trinajstić information content (AvgIpc) is 3.15. The molecule has 2 heterocycles. The van der Waals surface area contributed by atoms with Crippen molar-refractivity contribution in [1.29, 1.82) is 0 Å². The maximum Gasteiger partial charge on any atom is 0.277 e. The molecule has 158 valence electrons. The molecule has 0 spiro atoms. The number of thiazole rings is 1. The van der Waals surface area contributed by atoms with Crippen LogP contribution in [0.1, 0.15) is 28.5 Å². The Morgan fingerprint density at radius 1 is 1.23 bits per heavy atom. The third-order valence-electron chi connectivity index (χ3n) is 4.28. The summed E-state index contributed by atoms with van der Waals surface area (Å²) in [6.45, 7) is 4.57. The molecule has 0 unspecified atom stereocenters. The van der Waals surface area contributed by atoms with Gasteiger partial charge in [-0.25, -0.2) is 15.0 Å². The summed E-state index contributed by atoms with van der Waals surface area (Å²) in [4.78, 5) is 25.9. The van der Waals surface area contributed by atoms with Gasteiger partial charge in [-0.1, -0.05) is 64.5 Å². The van der Waals surface area contributed by atoms with Crippen LogP contribution in [0.15, 0.2) is 53.8 Å². The number of hydrogen-bond donors (Lipinski definition) is 1. The number of nitrogens with one attached hydrogen (secondary N) is 1. The Morgan fingerprint density at radius 2 is 2.10 bits per heavy atom. The van der Waals surface area contributed by atoms with Crippen molar-refractivity contribution in [1.82, 2.24) is 15.0 Å². The molecule has 9 heteroatoms. The highest BCUT2D eigenvalue weighted by Gasteiger charge is 2.17. The first kappa shape index (κ1) is 21.5. The molecule has 1 amide bonds. The van der Waals surface area contributed by atoms with E-state index in [-0.39, 0.29) is 10.7 Å². The number of hydrogen-bond acceptors (Lipinski definition) is 7. The van der Waals surface area contributed by atoms with Crippen LogP contribution in [-0.4, -0.2) is 27.5 Å². The van der Waals surface area contributed by atoms with Gasteiger partial charge >= 0.3 is 0 Å². The number of ether oxygens (including phenoxy) is 1. The van der Waals surface area contributed by atoms with Gasteiger partial charge in [-0.3, -0.25) is 10.1 Å². The third kappa shape index (κ3) is 5.33. The number of nitrogens with zero attached hydrogens (tertiary/aromatic N) is 3. The van der Waals surface area contributed by atoms with Gasteiger partial charge in [0.1, 0.15) is 5.75 Å². The van der Waals surface area contributed by atoms with Gasteiger partial charge in [-0.15, -0.1) is 0 Å². The standard InChI is InChI=1S/C22H19ClN4O2S2/c1-3-29-15-7-8-17-18(10-15)31-22(25-17)27-20(28)19-16(23)11-24-21(26-19)30-12-14-6-4-5-13(2)9-14/h4-11H,3,12H2,1-2H3,(H,25,27,28). The maximum absolute atomic E-state index is 12.8. The Balaban J connectivity index is 1.49. The minimum Gasteiger partial charge on any atom is -0.494 e. The van der Waals surface area contributed by atoms with Crippen molar-refractivity contribution in [2.75, 3.05) is 11.9 Å². The number of anilines is 1. The Bertz CT molecular complexity index is 1250. The lowest BCUT2D eigenvalue weighted by molar-refractivity contribution is 0.102. The van der Waals surface area contributed by atoms with E-state index >= 15 is 0 Å². The molecule has 0 aliphatic rings. The number of aryl methyl sites for hydroxylation is 1. The molecule has 0 saturated heterocycles. The van der Waals surface area contributed by atoms with E-state index in [2.05, 4.69) is 39.3 Å². The second-order valence-electron chi connectivity index (χ2n) is 6.66. The summed E-state index contributed by atoms with van der Waals surface area (Å²) in [5.74, 6) is 1.05. The number of halogens is 1. The molecule has 4 aromatic rings. The highest BCUT2D eigenvalue weighted by atomic mass is 35.5. The van der Waals surface area contributed by atoms with Crippen LogP contribution in [0, 0.1) is 6.92 Å². The largest absolute Gasteiger partial charge is 0.494 e. The van der Waals surface area contributed by atoms with Crippen LogP contribution in [0.2, 0.25) is 5.02 Å². The number of thioether (sulfide) groups is 1. The van der Waals surface area contributed by atoms with Gasteiger partial charge in [0.25, 0.3) is 5.91 Å². The fraction of sp³-hybridized carbons (Fsp3) is 0.182. The van der Waals surface area contributed by atoms with Crippen LogP contribution >= 0.6 is 34.7 Å². The molecular weight excluding hydrogens is 452 g/mol. The van der Waals surface area contributed by atoms with E-state index < -0.39 is 5.91 Å². The van der Waals surface area contributed by atoms with Gasteiger partial charge in [0, 0.05) is 5.75 Å². The fourth-order valence-corrected chi connectivity index (χ4v) is 4.73. The number of carbonyl (C=O) groups is 1. The Labute approximate surface area is 193 Å². The Hall–Kier alpha value is -2.68. The van der Waals surface area contributed by atoms with Crippen molar-refractivity contribution >= 4 is 56.0 Å². The van der Waals surface area contributed by atoms with E-state index in [4.69, 9.17) is 16.3 Å². The summed E-state index contributed by atoms with van der Waals surface area (Å²) in [5, 5.41) is 3.94. The summed E-state index contributed by atoms with van der Waals surface area (Å²) in [7, 11) is 0. The zero-order chi connectivity index (χ0) is 21.8. The third-order valence-corrected chi connectivity index (χ3v) is 6.42. The smallest absolute Gasteiger partial charge is 0.277 e. The molecule has 0 radical (unpaired) electrons. The first-order valence-corrected chi connectivity index (χ1v) is 11.8. The van der Waals surface area contributed by atoms with Crippen LogP contribution in [0.5, 0.6) is 5.75 Å². The zero-order valence-electron chi connectivity index (χ0n) is 16.9. The predicted octanol–water partition coefficient (Wildman–Crippen LogP) is 5.99. The fourth-order valence-electron chi connectivity index (χ4n) is 2.90. The number of benzene rings is 2. The van der Waals surface area contributed by atoms with Crippen LogP contribution in [0.25, 0.3) is 10.2 Å². The van der Waals surface area contributed by atoms with Crippen molar-refractivity contribution in [3.8, 4) is 5.75 Å². The molecule has 2 aromatic carbocycles. The van der Waals surface area contributed by atoms with E-state index in [1.807, 2.05) is 37.3 Å². The van der Waals surface area contributed by atoms with Crippen molar-refractivity contribution in [2.24, 2.45) is 0 Å². The molecule has 0 fully saturated rings. The molecule has 0 aliphatic heterocycles. The van der Waals surface area contributed by atoms with Crippen LogP contribution < -0.4 is 10.1 Å². The van der Waals surface area contributed by atoms with Crippen molar-refractivity contribution < 1.29 is 9.53 Å². The summed E-state index contributed by atoms with van der Waals surface area (Å²) >= 11 is 9.02. The van der Waals surface area contributed by atoms with Gasteiger partial charge in [0.15, 0.2) is 16.0 Å². The highest BCUT2D eigenvalue weighted by molar-refractivity contribution is 7.98. The lowest BCUT2D eigenvalue weighted by Gasteiger charge is -2.06. The van der Waals surface area contributed by atoms with Gasteiger partial charge in [0.05, 0.1) is 28.0 Å². The monoisotopic (exact) mass is 470 g/mol. The molecule has 31 heavy (non-hydrogen) atoms. The lowest BCUT2D eigenvalue weighted by Crippen LogP contribution is -2.15. The molecule has 6 nitrogen and oxygen atoms in total. The number of aromatic nitrogens is 3. The first-order chi connectivity index (χ1) is 15.0. The normalized spacial score (nSPS) is 10.9. The summed E-state index contributed by atoms with van der Waals surface area (Å²) in [5.41, 5.74) is 3.26. The van der Waals surface area contributed by atoms with Gasteiger partial charge in [-0.05, 0) is 37.6 Å². The van der Waals surface area contributed by atoms with E-state index in [9.17, 15) is 4.79 Å². The van der Waals surface area contributed by atoms with Crippen molar-refractivity contribution in [2.45, 2.75) is 24.8 Å². The number of rotatable bonds is 7. The number of fused-ring (bicyclic) bond motifs is 1. The highest BCUT2D eigenvalue weighted by Crippen LogP contribution is 2.30. The molecule has 0 atom stereocenters. The average molecular weight is 471 g/mol. The molecule has 1 N–H and O–H groups in total. The Morgan fingerprint density at radius 3 is 2.90 bits per heavy atom. The van der Waals surface area contributed by atoms with Gasteiger partial charge < -0.3 is 4.74 Å². The summed E-state index contributed by atoms with van der Waals surface area (Å²) < 4.78 is 6.44. The molecular formula is C22H19ClN4O2S2. The van der Waals surface area contributed by atoms with Gasteiger partial charge in [-0.2, -0.15) is 0 Å². The van der Waals surface area contributed by atoms with E-state index in [1.165, 1.54) is 34.9 Å². The van der Waals surface area contributed by atoms with Crippen molar-refractivity contribution in [3.05, 3.63) is 70.5 Å². The molecule has 0 bridgehead atoms. The minimum atomic E-state index is -0.422. The molecule has 4 rings (SSSR count). The van der Waals surface area contributed by atoms with Crippen LogP contribution in [-0.2, 0) is 5.75 Å². The first-order valence-electron chi connectivity index (χ1n) is 9.57. The number of carbonyl (C=O) groups excluding carboxylic acids is 1. The van der Waals surface area contributed by atoms with E-state index in [0.29, 0.717) is 22.6 Å². The van der Waals surface area contributed by atoms with E-state index in [0.717, 1.165) is 21.5 Å². The van der Waals surface area contributed by atoms with Crippen LogP contribution in [0.3, 0.4) is 0 Å². The predicted molar refractivity (Wildman–Crippen MR) is 127 cm³/mol. The minimum absolute atomic E-state index is 0.123. The molecule has 2 aromatic heterocycles. The second-order valence-corrected chi connectivity index (χ2v) is 9.04. The summed E-state index contributed by atoms with van der Waals surface area (Å²) in [6.07, 6.45) is 1.45. The molecule has 0 saturated carbocycles. The van der Waals surface area contributed by atoms with Crippen molar-refractivity contribution in [3.63, 3.8) is 0 Å². The number of amides is 1. The van der Waals surface area contributed by atoms with E-state index in [1.54, 1.807) is 0 Å². The topological polar surface area (TPSA) is 77.0 Å². The second kappa shape index (κ2) is 9.64. The summed E-state index contributed by atoms with van der Waals surface area (Å²) in [6, 6.07) is 13.9. The van der Waals surface area contributed by atoms with Gasteiger partial charge in [0.2, 0.25) is 0 Å². The zero-order valence-corrected chi connectivity index (χ0v) is 19.3. The Kier molecular flexibility index (Phi) is 6.70. The molecule has 0 aliphatic carbocycles. The quantitative estimate of drug-likeness (QED) is 0.264. The van der Waals surface area contributed by atoms with Crippen LogP contribution in [0.4, 0.5) is 5.13 Å². The lowest BCUT2D eigenvalue weighted by atomic mass is 10.2. The SMILES string of the molecule is CCOc1ccc2nc(NC(=O)c3nc(SCc4cccc(C)c4)ncc3Cl)sc2c1. The maximum atomic E-state index is 12.8.